The number of amides is 1. The summed E-state index contributed by atoms with van der Waals surface area (Å²) in [5.41, 5.74) is 4.85. The van der Waals surface area contributed by atoms with Crippen LogP contribution < -0.4 is 10.5 Å². The summed E-state index contributed by atoms with van der Waals surface area (Å²) in [5, 5.41) is 8.88. The Labute approximate surface area is 118 Å². The van der Waals surface area contributed by atoms with E-state index in [1.54, 1.807) is 4.72 Å². The van der Waals surface area contributed by atoms with Crippen molar-refractivity contribution in [3.05, 3.63) is 29.8 Å². The van der Waals surface area contributed by atoms with Gasteiger partial charge in [0.15, 0.2) is 0 Å². The van der Waals surface area contributed by atoms with E-state index in [4.69, 9.17) is 10.8 Å². The molecule has 0 saturated carbocycles. The lowest BCUT2D eigenvalue weighted by Crippen LogP contribution is -2.41. The maximum Gasteiger partial charge on any atom is 0.321 e. The fourth-order valence-corrected chi connectivity index (χ4v) is 2.72. The number of nitrogens with two attached hydrogens (primary N) is 1. The van der Waals surface area contributed by atoms with Gasteiger partial charge in [-0.3, -0.25) is 9.59 Å². The number of hydrogen-bond acceptors (Lipinski definition) is 4. The van der Waals surface area contributed by atoms with Gasteiger partial charge >= 0.3 is 5.97 Å². The van der Waals surface area contributed by atoms with E-state index in [2.05, 4.69) is 0 Å². The summed E-state index contributed by atoms with van der Waals surface area (Å²) in [5.74, 6) is -4.60. The van der Waals surface area contributed by atoms with E-state index in [9.17, 15) is 26.8 Å². The van der Waals surface area contributed by atoms with Gasteiger partial charge in [0.05, 0.1) is 4.90 Å². The zero-order chi connectivity index (χ0) is 16.2. The van der Waals surface area contributed by atoms with Crippen LogP contribution in [-0.2, 0) is 19.6 Å². The van der Waals surface area contributed by atoms with Crippen LogP contribution in [0.4, 0.5) is 8.78 Å². The van der Waals surface area contributed by atoms with Crippen LogP contribution in [-0.4, -0.2) is 31.4 Å². The highest BCUT2D eigenvalue weighted by Gasteiger charge is 2.26. The molecule has 1 aromatic carbocycles. The van der Waals surface area contributed by atoms with Gasteiger partial charge in [-0.05, 0) is 18.6 Å². The van der Waals surface area contributed by atoms with Gasteiger partial charge in [-0.1, -0.05) is 0 Å². The number of carboxylic acids is 1. The number of benzene rings is 1. The number of carbonyl (C=O) groups excluding carboxylic acids is 1. The highest BCUT2D eigenvalue weighted by Crippen LogP contribution is 2.14. The summed E-state index contributed by atoms with van der Waals surface area (Å²) >= 11 is 0. The lowest BCUT2D eigenvalue weighted by molar-refractivity contribution is -0.139. The van der Waals surface area contributed by atoms with E-state index in [0.717, 1.165) is 0 Å². The van der Waals surface area contributed by atoms with Crippen LogP contribution in [0.5, 0.6) is 0 Å². The Hall–Kier alpha value is -2.07. The number of primary amides is 1. The molecule has 0 aliphatic rings. The third-order valence-electron chi connectivity index (χ3n) is 2.42. The van der Waals surface area contributed by atoms with E-state index >= 15 is 0 Å². The van der Waals surface area contributed by atoms with Crippen molar-refractivity contribution >= 4 is 21.9 Å². The van der Waals surface area contributed by atoms with E-state index in [-0.39, 0.29) is 12.8 Å². The van der Waals surface area contributed by atoms with E-state index in [1.807, 2.05) is 0 Å². The quantitative estimate of drug-likeness (QED) is 0.649. The topological polar surface area (TPSA) is 127 Å². The van der Waals surface area contributed by atoms with E-state index < -0.39 is 44.5 Å². The Bertz CT molecular complexity index is 642. The summed E-state index contributed by atoms with van der Waals surface area (Å²) in [6, 6.07) is -0.0914. The van der Waals surface area contributed by atoms with Crippen molar-refractivity contribution in [3.63, 3.8) is 0 Å². The minimum atomic E-state index is -4.46. The Morgan fingerprint density at radius 2 is 1.76 bits per heavy atom. The first-order chi connectivity index (χ1) is 9.61. The number of carboxylic acid groups (broad SMARTS) is 1. The average molecular weight is 322 g/mol. The number of carbonyl (C=O) groups is 2. The largest absolute Gasteiger partial charge is 0.480 e. The molecular formula is C11H12F2N2O5S. The molecule has 1 unspecified atom stereocenters. The Morgan fingerprint density at radius 3 is 2.19 bits per heavy atom. The number of hydrogen-bond donors (Lipinski definition) is 3. The summed E-state index contributed by atoms with van der Waals surface area (Å²) < 4.78 is 51.5. The predicted molar refractivity (Wildman–Crippen MR) is 66.5 cm³/mol. The molecule has 0 saturated heterocycles. The van der Waals surface area contributed by atoms with Crippen LogP contribution in [0, 0.1) is 11.6 Å². The van der Waals surface area contributed by atoms with Gasteiger partial charge in [-0.25, -0.2) is 17.2 Å². The van der Waals surface area contributed by atoms with Crippen molar-refractivity contribution < 1.29 is 31.9 Å². The summed E-state index contributed by atoms with van der Waals surface area (Å²) in [6.07, 6.45) is -0.751. The van der Waals surface area contributed by atoms with Crippen molar-refractivity contribution in [2.45, 2.75) is 23.8 Å². The summed E-state index contributed by atoms with van der Waals surface area (Å²) in [4.78, 5) is 20.8. The van der Waals surface area contributed by atoms with Crippen LogP contribution in [0.1, 0.15) is 12.8 Å². The van der Waals surface area contributed by atoms with Crippen LogP contribution in [0.2, 0.25) is 0 Å². The van der Waals surface area contributed by atoms with Gasteiger partial charge in [0, 0.05) is 12.5 Å². The predicted octanol–water partition coefficient (Wildman–Crippen LogP) is -0.0382. The maximum atomic E-state index is 13.0. The van der Waals surface area contributed by atoms with Crippen LogP contribution in [0.3, 0.4) is 0 Å². The highest BCUT2D eigenvalue weighted by atomic mass is 32.2. The molecule has 0 aromatic heterocycles. The van der Waals surface area contributed by atoms with Gasteiger partial charge in [-0.15, -0.1) is 0 Å². The third-order valence-corrected chi connectivity index (χ3v) is 3.87. The lowest BCUT2D eigenvalue weighted by atomic mass is 10.2. The Morgan fingerprint density at radius 1 is 1.24 bits per heavy atom. The average Bonchev–Trinajstić information content (AvgIpc) is 2.32. The standard InChI is InChI=1S/C11H12F2N2O5S/c12-6-3-7(13)5-8(4-6)21(19,20)15-9(11(17)18)1-2-10(14)16/h3-5,9,15H,1-2H2,(H2,14,16)(H,17,18). The van der Waals surface area contributed by atoms with Gasteiger partial charge in [0.2, 0.25) is 15.9 Å². The monoisotopic (exact) mass is 322 g/mol. The maximum absolute atomic E-state index is 13.0. The van der Waals surface area contributed by atoms with Crippen LogP contribution in [0.25, 0.3) is 0 Å². The molecule has 0 radical (unpaired) electrons. The zero-order valence-electron chi connectivity index (χ0n) is 10.5. The van der Waals surface area contributed by atoms with Crippen LogP contribution >= 0.6 is 0 Å². The molecule has 10 heteroatoms. The molecule has 21 heavy (non-hydrogen) atoms. The van der Waals surface area contributed by atoms with Crippen molar-refractivity contribution in [1.29, 1.82) is 0 Å². The second-order valence-electron chi connectivity index (χ2n) is 4.12. The molecule has 0 bridgehead atoms. The first-order valence-corrected chi connectivity index (χ1v) is 7.09. The van der Waals surface area contributed by atoms with Gasteiger partial charge in [0.1, 0.15) is 17.7 Å². The number of aliphatic carboxylic acids is 1. The first kappa shape index (κ1) is 17.0. The smallest absolute Gasteiger partial charge is 0.321 e. The molecule has 0 heterocycles. The second-order valence-corrected chi connectivity index (χ2v) is 5.84. The molecule has 0 fully saturated rings. The lowest BCUT2D eigenvalue weighted by Gasteiger charge is -2.14. The SMILES string of the molecule is NC(=O)CCC(NS(=O)(=O)c1cc(F)cc(F)c1)C(=O)O. The number of rotatable bonds is 7. The molecule has 7 nitrogen and oxygen atoms in total. The molecule has 0 aliphatic carbocycles. The molecule has 1 aromatic rings. The molecule has 0 spiro atoms. The minimum Gasteiger partial charge on any atom is -0.480 e. The third kappa shape index (κ3) is 5.08. The van der Waals surface area contributed by atoms with Crippen molar-refractivity contribution in [2.24, 2.45) is 5.73 Å². The molecular weight excluding hydrogens is 310 g/mol. The zero-order valence-corrected chi connectivity index (χ0v) is 11.4. The summed E-state index contributed by atoms with van der Waals surface area (Å²) in [7, 11) is -4.46. The molecule has 116 valence electrons. The van der Waals surface area contributed by atoms with E-state index in [1.165, 1.54) is 0 Å². The van der Waals surface area contributed by atoms with Gasteiger partial charge < -0.3 is 10.8 Å². The molecule has 1 atom stereocenters. The Kier molecular flexibility index (Phi) is 5.33. The fraction of sp³-hybridized carbons (Fsp3) is 0.273. The number of nitrogens with one attached hydrogen (secondary N) is 1. The summed E-state index contributed by atoms with van der Waals surface area (Å²) in [6.45, 7) is 0. The van der Waals surface area contributed by atoms with Crippen molar-refractivity contribution in [1.82, 2.24) is 4.72 Å². The normalized spacial score (nSPS) is 12.9. The van der Waals surface area contributed by atoms with Gasteiger partial charge in [0.25, 0.3) is 0 Å². The first-order valence-electron chi connectivity index (χ1n) is 5.61. The van der Waals surface area contributed by atoms with E-state index in [0.29, 0.717) is 18.2 Å². The second kappa shape index (κ2) is 6.59. The highest BCUT2D eigenvalue weighted by molar-refractivity contribution is 7.89. The number of halogens is 2. The molecule has 0 aliphatic heterocycles. The minimum absolute atomic E-state index is 0.364. The fourth-order valence-electron chi connectivity index (χ4n) is 1.46. The Balaban J connectivity index is 3.00. The molecule has 1 rings (SSSR count). The molecule has 4 N–H and O–H groups in total. The molecule has 1 amide bonds. The van der Waals surface area contributed by atoms with Crippen molar-refractivity contribution in [3.8, 4) is 0 Å². The number of sulfonamides is 1. The van der Waals surface area contributed by atoms with Gasteiger partial charge in [-0.2, -0.15) is 4.72 Å². The van der Waals surface area contributed by atoms with Crippen molar-refractivity contribution in [2.75, 3.05) is 0 Å². The van der Waals surface area contributed by atoms with Crippen LogP contribution in [0.15, 0.2) is 23.1 Å².